The highest BCUT2D eigenvalue weighted by atomic mass is 35.5. The van der Waals surface area contributed by atoms with Gasteiger partial charge in [-0.25, -0.2) is 4.39 Å². The summed E-state index contributed by atoms with van der Waals surface area (Å²) in [5.41, 5.74) is 3.79. The topological polar surface area (TPSA) is 55.1 Å². The van der Waals surface area contributed by atoms with Crippen molar-refractivity contribution in [2.24, 2.45) is 0 Å². The van der Waals surface area contributed by atoms with Crippen molar-refractivity contribution in [2.45, 2.75) is 6.18 Å². The zero-order valence-corrected chi connectivity index (χ0v) is 11.6. The van der Waals surface area contributed by atoms with Crippen LogP contribution in [0, 0.1) is 5.82 Å². The minimum absolute atomic E-state index is 0.0300. The highest BCUT2D eigenvalue weighted by molar-refractivity contribution is 6.34. The second-order valence-corrected chi connectivity index (χ2v) is 4.79. The molecule has 0 saturated carbocycles. The summed E-state index contributed by atoms with van der Waals surface area (Å²) in [4.78, 5) is 12.0. The zero-order chi connectivity index (χ0) is 16.5. The van der Waals surface area contributed by atoms with Crippen molar-refractivity contribution in [1.29, 1.82) is 0 Å². The molecule has 1 amide bonds. The molecule has 3 nitrogen and oxygen atoms in total. The maximum absolute atomic E-state index is 13.0. The van der Waals surface area contributed by atoms with Gasteiger partial charge < -0.3 is 11.1 Å². The molecule has 2 aromatic carbocycles. The predicted molar refractivity (Wildman–Crippen MR) is 75.2 cm³/mol. The third-order valence-corrected chi connectivity index (χ3v) is 3.10. The van der Waals surface area contributed by atoms with Crippen LogP contribution in [0.15, 0.2) is 36.4 Å². The lowest BCUT2D eigenvalue weighted by atomic mass is 10.1. The Kier molecular flexibility index (Phi) is 4.27. The first-order valence-corrected chi connectivity index (χ1v) is 6.29. The molecule has 3 N–H and O–H groups in total. The van der Waals surface area contributed by atoms with Gasteiger partial charge in [0.1, 0.15) is 5.82 Å². The van der Waals surface area contributed by atoms with E-state index in [4.69, 9.17) is 17.3 Å². The summed E-state index contributed by atoms with van der Waals surface area (Å²) in [5.74, 6) is -1.94. The maximum Gasteiger partial charge on any atom is 0.418 e. The molecule has 0 unspecified atom stereocenters. The number of nitrogens with two attached hydrogens (primary N) is 1. The quantitative estimate of drug-likeness (QED) is 0.635. The van der Waals surface area contributed by atoms with Gasteiger partial charge in [0.25, 0.3) is 5.91 Å². The molecule has 0 aliphatic carbocycles. The second kappa shape index (κ2) is 5.84. The molecule has 0 aliphatic heterocycles. The van der Waals surface area contributed by atoms with Crippen LogP contribution in [0.1, 0.15) is 15.9 Å². The van der Waals surface area contributed by atoms with Gasteiger partial charge in [0.05, 0.1) is 21.8 Å². The summed E-state index contributed by atoms with van der Waals surface area (Å²) in [6.07, 6.45) is -4.82. The molecule has 0 saturated heterocycles. The Labute approximate surface area is 127 Å². The largest absolute Gasteiger partial charge is 0.418 e. The molecule has 0 fully saturated rings. The average molecular weight is 333 g/mol. The van der Waals surface area contributed by atoms with Crippen molar-refractivity contribution in [2.75, 3.05) is 11.1 Å². The van der Waals surface area contributed by atoms with Crippen molar-refractivity contribution in [1.82, 2.24) is 0 Å². The van der Waals surface area contributed by atoms with Gasteiger partial charge in [-0.2, -0.15) is 13.2 Å². The van der Waals surface area contributed by atoms with Crippen LogP contribution in [0.25, 0.3) is 0 Å². The molecular formula is C14H9ClF4N2O. The molecule has 0 radical (unpaired) electrons. The number of benzene rings is 2. The number of hydrogen-bond donors (Lipinski definition) is 2. The van der Waals surface area contributed by atoms with Crippen LogP contribution in [0.3, 0.4) is 0 Å². The Morgan fingerprint density at radius 3 is 2.45 bits per heavy atom. The third kappa shape index (κ3) is 3.48. The molecule has 0 aromatic heterocycles. The van der Waals surface area contributed by atoms with E-state index in [1.54, 1.807) is 0 Å². The van der Waals surface area contributed by atoms with Crippen molar-refractivity contribution >= 4 is 28.9 Å². The smallest absolute Gasteiger partial charge is 0.399 e. The van der Waals surface area contributed by atoms with Gasteiger partial charge >= 0.3 is 6.18 Å². The van der Waals surface area contributed by atoms with E-state index in [2.05, 4.69) is 5.32 Å². The summed E-state index contributed by atoms with van der Waals surface area (Å²) in [6, 6.07) is 5.96. The molecule has 0 spiro atoms. The normalized spacial score (nSPS) is 11.3. The molecular weight excluding hydrogens is 324 g/mol. The molecule has 0 heterocycles. The van der Waals surface area contributed by atoms with Gasteiger partial charge in [0.2, 0.25) is 0 Å². The monoisotopic (exact) mass is 332 g/mol. The van der Waals surface area contributed by atoms with Gasteiger partial charge in [-0.15, -0.1) is 0 Å². The number of rotatable bonds is 2. The van der Waals surface area contributed by atoms with Crippen LogP contribution in [0.5, 0.6) is 0 Å². The average Bonchev–Trinajstić information content (AvgIpc) is 2.42. The molecule has 2 rings (SSSR count). The van der Waals surface area contributed by atoms with E-state index in [0.717, 1.165) is 12.1 Å². The molecule has 2 aromatic rings. The Balaban J connectivity index is 2.39. The number of carbonyl (C=O) groups is 1. The van der Waals surface area contributed by atoms with E-state index in [1.165, 1.54) is 18.2 Å². The van der Waals surface area contributed by atoms with Crippen LogP contribution in [-0.2, 0) is 6.18 Å². The number of amides is 1. The maximum atomic E-state index is 13.0. The second-order valence-electron chi connectivity index (χ2n) is 4.38. The van der Waals surface area contributed by atoms with Crippen molar-refractivity contribution in [3.8, 4) is 0 Å². The van der Waals surface area contributed by atoms with Crippen LogP contribution < -0.4 is 11.1 Å². The molecule has 8 heteroatoms. The highest BCUT2D eigenvalue weighted by Crippen LogP contribution is 2.35. The van der Waals surface area contributed by atoms with E-state index in [1.807, 2.05) is 0 Å². The Morgan fingerprint density at radius 1 is 1.14 bits per heavy atom. The van der Waals surface area contributed by atoms with Crippen LogP contribution in [-0.4, -0.2) is 5.91 Å². The SMILES string of the molecule is Nc1ccc(Cl)c(C(=O)Nc2ccc(F)cc2C(F)(F)F)c1. The minimum Gasteiger partial charge on any atom is -0.399 e. The van der Waals surface area contributed by atoms with E-state index < -0.39 is 29.2 Å². The van der Waals surface area contributed by atoms with Gasteiger partial charge in [-0.05, 0) is 36.4 Å². The lowest BCUT2D eigenvalue weighted by Crippen LogP contribution is -2.17. The fourth-order valence-electron chi connectivity index (χ4n) is 1.77. The number of nitrogens with one attached hydrogen (secondary N) is 1. The van der Waals surface area contributed by atoms with Crippen molar-refractivity contribution in [3.63, 3.8) is 0 Å². The van der Waals surface area contributed by atoms with Gasteiger partial charge in [0, 0.05) is 5.69 Å². The number of nitrogen functional groups attached to an aromatic ring is 1. The molecule has 0 bridgehead atoms. The first-order chi connectivity index (χ1) is 10.2. The number of halogens is 5. The lowest BCUT2D eigenvalue weighted by molar-refractivity contribution is -0.137. The van der Waals surface area contributed by atoms with E-state index in [0.29, 0.717) is 6.07 Å². The summed E-state index contributed by atoms with van der Waals surface area (Å²) >= 11 is 5.81. The van der Waals surface area contributed by atoms with Crippen LogP contribution >= 0.6 is 11.6 Å². The number of hydrogen-bond acceptors (Lipinski definition) is 2. The first-order valence-electron chi connectivity index (χ1n) is 5.91. The molecule has 0 aliphatic rings. The minimum atomic E-state index is -4.82. The summed E-state index contributed by atoms with van der Waals surface area (Å²) in [6.45, 7) is 0. The highest BCUT2D eigenvalue weighted by Gasteiger charge is 2.34. The van der Waals surface area contributed by atoms with Crippen molar-refractivity contribution in [3.05, 3.63) is 58.4 Å². The van der Waals surface area contributed by atoms with Gasteiger partial charge in [-0.1, -0.05) is 11.6 Å². The fourth-order valence-corrected chi connectivity index (χ4v) is 1.97. The van der Waals surface area contributed by atoms with E-state index in [-0.39, 0.29) is 16.3 Å². The number of alkyl halides is 3. The standard InChI is InChI=1S/C14H9ClF4N2O/c15-11-3-2-8(20)6-9(11)13(22)21-12-4-1-7(16)5-10(12)14(17,18)19/h1-6H,20H2,(H,21,22). The first kappa shape index (κ1) is 16.1. The van der Waals surface area contributed by atoms with E-state index >= 15 is 0 Å². The van der Waals surface area contributed by atoms with Crippen molar-refractivity contribution < 1.29 is 22.4 Å². The Hall–Kier alpha value is -2.28. The Bertz CT molecular complexity index is 731. The summed E-state index contributed by atoms with van der Waals surface area (Å²) in [7, 11) is 0. The van der Waals surface area contributed by atoms with Gasteiger partial charge in [-0.3, -0.25) is 4.79 Å². The molecule has 116 valence electrons. The van der Waals surface area contributed by atoms with Gasteiger partial charge in [0.15, 0.2) is 0 Å². The fraction of sp³-hybridized carbons (Fsp3) is 0.0714. The number of anilines is 2. The molecule has 0 atom stereocenters. The number of carbonyl (C=O) groups excluding carboxylic acids is 1. The van der Waals surface area contributed by atoms with Crippen LogP contribution in [0.4, 0.5) is 28.9 Å². The summed E-state index contributed by atoms with van der Waals surface area (Å²) < 4.78 is 51.6. The third-order valence-electron chi connectivity index (χ3n) is 2.77. The Morgan fingerprint density at radius 2 is 1.82 bits per heavy atom. The zero-order valence-electron chi connectivity index (χ0n) is 10.8. The predicted octanol–water partition coefficient (Wildman–Crippen LogP) is 4.33. The van der Waals surface area contributed by atoms with Crippen LogP contribution in [0.2, 0.25) is 5.02 Å². The van der Waals surface area contributed by atoms with E-state index in [9.17, 15) is 22.4 Å². The molecule has 22 heavy (non-hydrogen) atoms. The summed E-state index contributed by atoms with van der Waals surface area (Å²) in [5, 5.41) is 2.09. The lowest BCUT2D eigenvalue weighted by Gasteiger charge is -2.14.